The van der Waals surface area contributed by atoms with E-state index in [4.69, 9.17) is 0 Å². The Morgan fingerprint density at radius 3 is 2.38 bits per heavy atom. The minimum Gasteiger partial charge on any atom is -0.337 e. The zero-order chi connectivity index (χ0) is 27.7. The first-order valence-electron chi connectivity index (χ1n) is 14.9. The summed E-state index contributed by atoms with van der Waals surface area (Å²) in [4.78, 5) is 33.5. The third-order valence-corrected chi connectivity index (χ3v) is 9.87. The highest BCUT2D eigenvalue weighted by Crippen LogP contribution is 2.59. The van der Waals surface area contributed by atoms with Crippen molar-refractivity contribution in [1.82, 2.24) is 14.7 Å². The van der Waals surface area contributed by atoms with Crippen LogP contribution in [-0.4, -0.2) is 72.3 Å². The third kappa shape index (κ3) is 5.32. The lowest BCUT2D eigenvalue weighted by atomic mass is 9.49. The number of piperazine rings is 1. The van der Waals surface area contributed by atoms with Gasteiger partial charge in [-0.3, -0.25) is 14.5 Å². The number of benzene rings is 3. The quantitative estimate of drug-likeness (QED) is 0.350. The zero-order valence-corrected chi connectivity index (χ0v) is 23.9. The van der Waals surface area contributed by atoms with E-state index in [9.17, 15) is 9.59 Å². The van der Waals surface area contributed by atoms with Crippen LogP contribution in [0.15, 0.2) is 84.4 Å². The first-order chi connectivity index (χ1) is 19.4. The van der Waals surface area contributed by atoms with Crippen LogP contribution >= 0.6 is 0 Å². The van der Waals surface area contributed by atoms with E-state index in [1.807, 2.05) is 65.6 Å². The van der Waals surface area contributed by atoms with Gasteiger partial charge in [-0.15, -0.1) is 0 Å². The highest BCUT2D eigenvalue weighted by molar-refractivity contribution is 6.07. The Morgan fingerprint density at radius 1 is 0.900 bits per heavy atom. The van der Waals surface area contributed by atoms with Crippen molar-refractivity contribution in [3.8, 4) is 0 Å². The summed E-state index contributed by atoms with van der Waals surface area (Å²) in [5.74, 6) is 1.71. The fraction of sp³-hybridized carbons (Fsp3) is 0.429. The molecular formula is C35H41N3O2. The molecule has 40 heavy (non-hydrogen) atoms. The van der Waals surface area contributed by atoms with Gasteiger partial charge in [-0.1, -0.05) is 92.2 Å². The number of fused-ring (bicyclic) bond motifs is 2. The van der Waals surface area contributed by atoms with Gasteiger partial charge in [0.25, 0.3) is 5.91 Å². The molecule has 0 spiro atoms. The minimum absolute atomic E-state index is 0.113. The monoisotopic (exact) mass is 535 g/mol. The van der Waals surface area contributed by atoms with Crippen molar-refractivity contribution in [3.63, 3.8) is 0 Å². The molecule has 4 aliphatic rings. The van der Waals surface area contributed by atoms with Gasteiger partial charge in [-0.25, -0.2) is 0 Å². The summed E-state index contributed by atoms with van der Waals surface area (Å²) in [6.07, 6.45) is 5.28. The molecule has 2 fully saturated rings. The second-order valence-corrected chi connectivity index (χ2v) is 12.5. The van der Waals surface area contributed by atoms with E-state index in [1.165, 1.54) is 12.0 Å². The second kappa shape index (κ2) is 11.2. The van der Waals surface area contributed by atoms with Crippen molar-refractivity contribution in [2.45, 2.75) is 33.1 Å². The van der Waals surface area contributed by atoms with E-state index >= 15 is 0 Å². The number of amides is 2. The highest BCUT2D eigenvalue weighted by atomic mass is 16.2. The molecule has 7 rings (SSSR count). The van der Waals surface area contributed by atoms with Crippen molar-refractivity contribution in [1.29, 1.82) is 0 Å². The van der Waals surface area contributed by atoms with Crippen LogP contribution < -0.4 is 0 Å². The van der Waals surface area contributed by atoms with Crippen LogP contribution in [0.1, 0.15) is 42.6 Å². The molecule has 2 atom stereocenters. The summed E-state index contributed by atoms with van der Waals surface area (Å²) in [5, 5.41) is 2.11. The van der Waals surface area contributed by atoms with Gasteiger partial charge < -0.3 is 9.80 Å². The van der Waals surface area contributed by atoms with Gasteiger partial charge in [-0.2, -0.15) is 0 Å². The molecule has 5 nitrogen and oxygen atoms in total. The van der Waals surface area contributed by atoms with Crippen LogP contribution in [0.4, 0.5) is 0 Å². The molecule has 3 aromatic carbocycles. The molecule has 0 radical (unpaired) electrons. The fourth-order valence-electron chi connectivity index (χ4n) is 7.07. The molecule has 3 aliphatic carbocycles. The maximum atomic E-state index is 13.6. The van der Waals surface area contributed by atoms with Crippen LogP contribution in [0.3, 0.4) is 0 Å². The summed E-state index contributed by atoms with van der Waals surface area (Å²) >= 11 is 0. The summed E-state index contributed by atoms with van der Waals surface area (Å²) < 4.78 is 0. The van der Waals surface area contributed by atoms with E-state index in [1.54, 1.807) is 0 Å². The molecule has 2 unspecified atom stereocenters. The van der Waals surface area contributed by atoms with Crippen molar-refractivity contribution >= 4 is 22.6 Å². The van der Waals surface area contributed by atoms with Gasteiger partial charge in [0, 0.05) is 51.4 Å². The average Bonchev–Trinajstić information content (AvgIpc) is 2.99. The molecule has 0 aromatic heterocycles. The van der Waals surface area contributed by atoms with Gasteiger partial charge in [-0.05, 0) is 52.5 Å². The van der Waals surface area contributed by atoms with Crippen molar-refractivity contribution < 1.29 is 9.59 Å². The summed E-state index contributed by atoms with van der Waals surface area (Å²) in [5.41, 5.74) is 3.66. The van der Waals surface area contributed by atoms with Crippen molar-refractivity contribution in [3.05, 3.63) is 95.6 Å². The minimum atomic E-state index is 0.113. The number of hydrogen-bond donors (Lipinski definition) is 0. The maximum absolute atomic E-state index is 13.6. The summed E-state index contributed by atoms with van der Waals surface area (Å²) in [6, 6.07) is 24.2. The predicted molar refractivity (Wildman–Crippen MR) is 161 cm³/mol. The molecule has 1 saturated carbocycles. The molecule has 0 N–H and O–H groups in total. The van der Waals surface area contributed by atoms with Gasteiger partial charge in [0.05, 0.1) is 6.42 Å². The SMILES string of the molecule is CC1(C)C2CC=C(CN(CCN3CCN(C(=O)c4cccc5ccccc45)CC3)C(=O)Cc3ccccc3)C1C2. The van der Waals surface area contributed by atoms with Gasteiger partial charge in [0.2, 0.25) is 5.91 Å². The largest absolute Gasteiger partial charge is 0.337 e. The summed E-state index contributed by atoms with van der Waals surface area (Å²) in [7, 11) is 0. The molecular weight excluding hydrogens is 494 g/mol. The smallest absolute Gasteiger partial charge is 0.254 e. The molecule has 3 aromatic rings. The lowest BCUT2D eigenvalue weighted by molar-refractivity contribution is -0.130. The Kier molecular flexibility index (Phi) is 7.50. The molecule has 1 saturated heterocycles. The first-order valence-corrected chi connectivity index (χ1v) is 14.9. The number of rotatable bonds is 8. The Labute approximate surface area is 238 Å². The zero-order valence-electron chi connectivity index (χ0n) is 23.9. The fourth-order valence-corrected chi connectivity index (χ4v) is 7.07. The molecule has 208 valence electrons. The van der Waals surface area contributed by atoms with Crippen molar-refractivity contribution in [2.75, 3.05) is 45.8 Å². The van der Waals surface area contributed by atoms with E-state index in [2.05, 4.69) is 41.9 Å². The van der Waals surface area contributed by atoms with Crippen LogP contribution in [0.5, 0.6) is 0 Å². The normalized spacial score (nSPS) is 21.9. The molecule has 2 bridgehead atoms. The third-order valence-electron chi connectivity index (χ3n) is 9.87. The van der Waals surface area contributed by atoms with Gasteiger partial charge >= 0.3 is 0 Å². The Bertz CT molecular complexity index is 1400. The standard InChI is InChI=1S/C35H41N3O2/c1-35(2)29-16-15-28(32(35)24-29)25-38(33(39)23-26-9-4-3-5-10-26)22-19-36-17-20-37(21-18-36)34(40)31-14-8-12-27-11-6-7-13-30(27)31/h3-15,29,32H,16-25H2,1-2H3. The van der Waals surface area contributed by atoms with Crippen LogP contribution in [0.2, 0.25) is 0 Å². The van der Waals surface area contributed by atoms with E-state index in [0.717, 1.165) is 67.0 Å². The lowest BCUT2D eigenvalue weighted by Crippen LogP contribution is -2.52. The second-order valence-electron chi connectivity index (χ2n) is 12.5. The lowest BCUT2D eigenvalue weighted by Gasteiger charge is -2.57. The maximum Gasteiger partial charge on any atom is 0.254 e. The molecule has 1 aliphatic heterocycles. The van der Waals surface area contributed by atoms with Crippen LogP contribution in [0.25, 0.3) is 10.8 Å². The van der Waals surface area contributed by atoms with Gasteiger partial charge in [0.15, 0.2) is 0 Å². The Balaban J connectivity index is 1.08. The highest BCUT2D eigenvalue weighted by Gasteiger charge is 2.51. The van der Waals surface area contributed by atoms with Gasteiger partial charge in [0.1, 0.15) is 0 Å². The topological polar surface area (TPSA) is 43.9 Å². The van der Waals surface area contributed by atoms with E-state index in [-0.39, 0.29) is 11.8 Å². The Hall–Kier alpha value is -3.44. The number of allylic oxidation sites excluding steroid dienone is 1. The van der Waals surface area contributed by atoms with E-state index < -0.39 is 0 Å². The number of hydrogen-bond acceptors (Lipinski definition) is 3. The van der Waals surface area contributed by atoms with E-state index in [0.29, 0.717) is 30.8 Å². The predicted octanol–water partition coefficient (Wildman–Crippen LogP) is 5.66. The first kappa shape index (κ1) is 26.8. The molecule has 5 heteroatoms. The average molecular weight is 536 g/mol. The molecule has 1 heterocycles. The van der Waals surface area contributed by atoms with Crippen molar-refractivity contribution in [2.24, 2.45) is 17.3 Å². The Morgan fingerprint density at radius 2 is 1.62 bits per heavy atom. The molecule has 2 amide bonds. The number of carbonyl (C=O) groups excluding carboxylic acids is 2. The number of carbonyl (C=O) groups is 2. The van der Waals surface area contributed by atoms with Crippen LogP contribution in [-0.2, 0) is 11.2 Å². The summed E-state index contributed by atoms with van der Waals surface area (Å²) in [6.45, 7) is 10.2. The number of nitrogens with zero attached hydrogens (tertiary/aromatic N) is 3. The van der Waals surface area contributed by atoms with Crippen LogP contribution in [0, 0.1) is 17.3 Å².